The summed E-state index contributed by atoms with van der Waals surface area (Å²) in [5.74, 6) is 0.713. The van der Waals surface area contributed by atoms with E-state index in [1.54, 1.807) is 11.3 Å². The Hall–Kier alpha value is -1.70. The summed E-state index contributed by atoms with van der Waals surface area (Å²) in [6.45, 7) is 7.57. The van der Waals surface area contributed by atoms with Crippen molar-refractivity contribution in [2.75, 3.05) is 32.8 Å². The lowest BCUT2D eigenvalue weighted by molar-refractivity contribution is -0.120. The maximum absolute atomic E-state index is 12.4. The van der Waals surface area contributed by atoms with E-state index in [9.17, 15) is 4.79 Å². The molecule has 1 amide bonds. The maximum Gasteiger partial charge on any atom is 0.224 e. The van der Waals surface area contributed by atoms with E-state index in [2.05, 4.69) is 32.9 Å². The highest BCUT2D eigenvalue weighted by Gasteiger charge is 2.24. The van der Waals surface area contributed by atoms with Crippen LogP contribution < -0.4 is 5.32 Å². The molecule has 7 heteroatoms. The van der Waals surface area contributed by atoms with E-state index in [0.29, 0.717) is 18.7 Å². The van der Waals surface area contributed by atoms with Crippen molar-refractivity contribution in [2.45, 2.75) is 26.3 Å². The number of hydrogen-bond acceptors (Lipinski definition) is 6. The Balaban J connectivity index is 1.62. The van der Waals surface area contributed by atoms with Gasteiger partial charge in [0.15, 0.2) is 0 Å². The predicted octanol–water partition coefficient (Wildman–Crippen LogP) is 2.09. The molecule has 0 saturated carbocycles. The lowest BCUT2D eigenvalue weighted by Gasteiger charge is -2.34. The summed E-state index contributed by atoms with van der Waals surface area (Å²) < 4.78 is 10.6. The average Bonchev–Trinajstić information content (AvgIpc) is 3.22. The zero-order valence-corrected chi connectivity index (χ0v) is 14.9. The lowest BCUT2D eigenvalue weighted by atomic mass is 10.1. The van der Waals surface area contributed by atoms with Gasteiger partial charge in [-0.2, -0.15) is 0 Å². The Kier molecular flexibility index (Phi) is 5.65. The van der Waals surface area contributed by atoms with Crippen molar-refractivity contribution in [3.8, 4) is 0 Å². The number of nitrogens with zero attached hydrogens (tertiary/aromatic N) is 2. The van der Waals surface area contributed by atoms with Gasteiger partial charge in [-0.1, -0.05) is 11.2 Å². The van der Waals surface area contributed by atoms with E-state index in [1.165, 1.54) is 4.88 Å². The second kappa shape index (κ2) is 7.92. The van der Waals surface area contributed by atoms with Gasteiger partial charge < -0.3 is 14.6 Å². The highest BCUT2D eigenvalue weighted by Crippen LogP contribution is 2.25. The average molecular weight is 349 g/mol. The molecule has 0 radical (unpaired) electrons. The van der Waals surface area contributed by atoms with Crippen molar-refractivity contribution in [1.82, 2.24) is 15.4 Å². The van der Waals surface area contributed by atoms with Crippen LogP contribution in [0.15, 0.2) is 22.0 Å². The molecule has 1 N–H and O–H groups in total. The van der Waals surface area contributed by atoms with Crippen LogP contribution in [0.2, 0.25) is 0 Å². The molecule has 1 unspecified atom stereocenters. The van der Waals surface area contributed by atoms with E-state index in [1.807, 2.05) is 13.8 Å². The number of nitrogens with one attached hydrogen (secondary N) is 1. The minimum Gasteiger partial charge on any atom is -0.379 e. The van der Waals surface area contributed by atoms with Gasteiger partial charge in [0.05, 0.1) is 31.4 Å². The second-order valence-electron chi connectivity index (χ2n) is 5.96. The summed E-state index contributed by atoms with van der Waals surface area (Å²) in [4.78, 5) is 16.0. The minimum absolute atomic E-state index is 0.000726. The van der Waals surface area contributed by atoms with Crippen molar-refractivity contribution < 1.29 is 14.1 Å². The highest BCUT2D eigenvalue weighted by atomic mass is 32.1. The zero-order chi connectivity index (χ0) is 16.9. The Labute approximate surface area is 145 Å². The predicted molar refractivity (Wildman–Crippen MR) is 92.1 cm³/mol. The van der Waals surface area contributed by atoms with Crippen LogP contribution >= 0.6 is 11.3 Å². The first-order valence-corrected chi connectivity index (χ1v) is 9.06. The molecule has 0 aromatic carbocycles. The molecule has 0 bridgehead atoms. The number of carbonyl (C=O) groups excluding carboxylic acids is 1. The summed E-state index contributed by atoms with van der Waals surface area (Å²) in [5, 5.41) is 9.06. The van der Waals surface area contributed by atoms with Gasteiger partial charge in [-0.3, -0.25) is 9.69 Å². The van der Waals surface area contributed by atoms with Crippen LogP contribution in [0.5, 0.6) is 0 Å². The van der Waals surface area contributed by atoms with Gasteiger partial charge in [0, 0.05) is 30.1 Å². The molecular formula is C17H23N3O3S. The molecule has 3 rings (SSSR count). The van der Waals surface area contributed by atoms with E-state index in [0.717, 1.165) is 37.6 Å². The Morgan fingerprint density at radius 2 is 2.21 bits per heavy atom. The van der Waals surface area contributed by atoms with Crippen molar-refractivity contribution in [3.63, 3.8) is 0 Å². The first-order valence-electron chi connectivity index (χ1n) is 8.19. The van der Waals surface area contributed by atoms with Gasteiger partial charge in [-0.15, -0.1) is 11.3 Å². The second-order valence-corrected chi connectivity index (χ2v) is 6.94. The van der Waals surface area contributed by atoms with Crippen LogP contribution in [0.1, 0.15) is 27.9 Å². The third kappa shape index (κ3) is 4.03. The van der Waals surface area contributed by atoms with Crippen LogP contribution in [0, 0.1) is 13.8 Å². The standard InChI is InChI=1S/C17H23N3O3S/c1-12-14(13(2)23-19-12)10-17(21)18-11-15(16-4-3-9-24-16)20-5-7-22-8-6-20/h3-4,9,15H,5-8,10-11H2,1-2H3,(H,18,21). The van der Waals surface area contributed by atoms with Gasteiger partial charge in [0.25, 0.3) is 0 Å². The first-order chi connectivity index (χ1) is 11.6. The Morgan fingerprint density at radius 1 is 1.42 bits per heavy atom. The normalized spacial score (nSPS) is 16.9. The molecular weight excluding hydrogens is 326 g/mol. The number of thiophene rings is 1. The molecule has 1 aliphatic rings. The highest BCUT2D eigenvalue weighted by molar-refractivity contribution is 7.10. The molecule has 0 aliphatic carbocycles. The van der Waals surface area contributed by atoms with E-state index < -0.39 is 0 Å². The Bertz CT molecular complexity index is 643. The van der Waals surface area contributed by atoms with Gasteiger partial charge in [0.1, 0.15) is 5.76 Å². The third-order valence-electron chi connectivity index (χ3n) is 4.37. The van der Waals surface area contributed by atoms with Gasteiger partial charge in [-0.25, -0.2) is 0 Å². The molecule has 6 nitrogen and oxygen atoms in total. The molecule has 1 aliphatic heterocycles. The maximum atomic E-state index is 12.4. The number of aromatic nitrogens is 1. The fourth-order valence-corrected chi connectivity index (χ4v) is 3.83. The number of morpholine rings is 1. The van der Waals surface area contributed by atoms with E-state index in [-0.39, 0.29) is 11.9 Å². The van der Waals surface area contributed by atoms with Crippen molar-refractivity contribution in [3.05, 3.63) is 39.4 Å². The molecule has 2 aromatic heterocycles. The fraction of sp³-hybridized carbons (Fsp3) is 0.529. The molecule has 1 atom stereocenters. The number of ether oxygens (including phenoxy) is 1. The van der Waals surface area contributed by atoms with Crippen molar-refractivity contribution >= 4 is 17.2 Å². The van der Waals surface area contributed by atoms with Crippen LogP contribution in [0.4, 0.5) is 0 Å². The number of hydrogen-bond donors (Lipinski definition) is 1. The van der Waals surface area contributed by atoms with Gasteiger partial charge in [-0.05, 0) is 25.3 Å². The molecule has 24 heavy (non-hydrogen) atoms. The largest absolute Gasteiger partial charge is 0.379 e. The number of carbonyl (C=O) groups is 1. The molecule has 1 saturated heterocycles. The van der Waals surface area contributed by atoms with Crippen LogP contribution in [0.3, 0.4) is 0 Å². The van der Waals surface area contributed by atoms with E-state index >= 15 is 0 Å². The van der Waals surface area contributed by atoms with Crippen LogP contribution in [-0.4, -0.2) is 48.8 Å². The first kappa shape index (κ1) is 17.1. The van der Waals surface area contributed by atoms with Crippen LogP contribution in [0.25, 0.3) is 0 Å². The minimum atomic E-state index is -0.000726. The summed E-state index contributed by atoms with van der Waals surface area (Å²) in [6, 6.07) is 4.38. The zero-order valence-electron chi connectivity index (χ0n) is 14.1. The molecule has 130 valence electrons. The monoisotopic (exact) mass is 349 g/mol. The summed E-state index contributed by atoms with van der Waals surface area (Å²) in [6.07, 6.45) is 0.307. The SMILES string of the molecule is Cc1noc(C)c1CC(=O)NCC(c1cccs1)N1CCOCC1. The summed E-state index contributed by atoms with van der Waals surface area (Å²) in [7, 11) is 0. The number of aryl methyl sites for hydroxylation is 2. The molecule has 1 fully saturated rings. The molecule has 3 heterocycles. The fourth-order valence-electron chi connectivity index (χ4n) is 2.97. The smallest absolute Gasteiger partial charge is 0.224 e. The summed E-state index contributed by atoms with van der Waals surface area (Å²) >= 11 is 1.73. The van der Waals surface area contributed by atoms with Gasteiger partial charge in [0.2, 0.25) is 5.91 Å². The van der Waals surface area contributed by atoms with Crippen LogP contribution in [-0.2, 0) is 16.0 Å². The van der Waals surface area contributed by atoms with Gasteiger partial charge >= 0.3 is 0 Å². The van der Waals surface area contributed by atoms with Crippen molar-refractivity contribution in [2.24, 2.45) is 0 Å². The number of rotatable bonds is 6. The quantitative estimate of drug-likeness (QED) is 0.865. The van der Waals surface area contributed by atoms with Crippen molar-refractivity contribution in [1.29, 1.82) is 0 Å². The molecule has 2 aromatic rings. The third-order valence-corrected chi connectivity index (χ3v) is 5.34. The topological polar surface area (TPSA) is 67.6 Å². The Morgan fingerprint density at radius 3 is 2.83 bits per heavy atom. The molecule has 0 spiro atoms. The summed E-state index contributed by atoms with van der Waals surface area (Å²) in [5.41, 5.74) is 1.66. The lowest BCUT2D eigenvalue weighted by Crippen LogP contribution is -2.43. The van der Waals surface area contributed by atoms with E-state index in [4.69, 9.17) is 9.26 Å². The number of amides is 1.